The lowest BCUT2D eigenvalue weighted by Gasteiger charge is -2.35. The molecule has 3 aromatic rings. The van der Waals surface area contributed by atoms with E-state index in [1.165, 1.54) is 0 Å². The molecule has 0 spiro atoms. The third kappa shape index (κ3) is 3.30. The van der Waals surface area contributed by atoms with Crippen molar-refractivity contribution < 1.29 is 4.79 Å². The van der Waals surface area contributed by atoms with Gasteiger partial charge < -0.3 is 9.80 Å². The van der Waals surface area contributed by atoms with Crippen LogP contribution in [0.5, 0.6) is 0 Å². The van der Waals surface area contributed by atoms with Crippen LogP contribution >= 0.6 is 11.3 Å². The van der Waals surface area contributed by atoms with E-state index in [2.05, 4.69) is 25.2 Å². The summed E-state index contributed by atoms with van der Waals surface area (Å²) in [6.07, 6.45) is 5.12. The Bertz CT molecular complexity index is 890. The fourth-order valence-corrected chi connectivity index (χ4v) is 3.77. The van der Waals surface area contributed by atoms with Crippen molar-refractivity contribution >= 4 is 23.1 Å². The summed E-state index contributed by atoms with van der Waals surface area (Å²) in [5.74, 6) is 0.906. The number of anilines is 1. The second-order valence-electron chi connectivity index (χ2n) is 6.18. The summed E-state index contributed by atoms with van der Waals surface area (Å²) in [6, 6.07) is 5.87. The molecule has 7 heteroatoms. The van der Waals surface area contributed by atoms with Crippen LogP contribution in [0.4, 0.5) is 5.82 Å². The molecule has 0 radical (unpaired) electrons. The minimum Gasteiger partial charge on any atom is -0.352 e. The predicted octanol–water partition coefficient (Wildman–Crippen LogP) is 2.87. The van der Waals surface area contributed by atoms with E-state index in [1.54, 1.807) is 29.9 Å². The van der Waals surface area contributed by atoms with E-state index < -0.39 is 0 Å². The molecule has 1 fully saturated rings. The van der Waals surface area contributed by atoms with Crippen molar-refractivity contribution in [1.82, 2.24) is 19.9 Å². The van der Waals surface area contributed by atoms with Gasteiger partial charge in [0.15, 0.2) is 0 Å². The van der Waals surface area contributed by atoms with E-state index in [0.717, 1.165) is 35.9 Å². The summed E-state index contributed by atoms with van der Waals surface area (Å²) in [4.78, 5) is 30.0. The van der Waals surface area contributed by atoms with Crippen LogP contribution in [0.3, 0.4) is 0 Å². The quantitative estimate of drug-likeness (QED) is 0.714. The molecule has 26 heavy (non-hydrogen) atoms. The second-order valence-corrected chi connectivity index (χ2v) is 6.96. The highest BCUT2D eigenvalue weighted by molar-refractivity contribution is 7.08. The lowest BCUT2D eigenvalue weighted by Crippen LogP contribution is -2.49. The number of thiophene rings is 1. The summed E-state index contributed by atoms with van der Waals surface area (Å²) < 4.78 is 0. The number of rotatable bonds is 3. The van der Waals surface area contributed by atoms with Gasteiger partial charge in [0.05, 0.1) is 23.1 Å². The third-order valence-electron chi connectivity index (χ3n) is 4.57. The number of hydrogen-bond acceptors (Lipinski definition) is 6. The maximum atomic E-state index is 12.9. The Morgan fingerprint density at radius 3 is 2.62 bits per heavy atom. The molecule has 132 valence electrons. The highest BCUT2D eigenvalue weighted by atomic mass is 32.1. The van der Waals surface area contributed by atoms with Gasteiger partial charge in [0.1, 0.15) is 5.82 Å². The first-order chi connectivity index (χ1) is 12.7. The second kappa shape index (κ2) is 7.21. The molecule has 0 N–H and O–H groups in total. The van der Waals surface area contributed by atoms with Crippen LogP contribution < -0.4 is 4.90 Å². The highest BCUT2D eigenvalue weighted by Crippen LogP contribution is 2.22. The molecule has 3 aromatic heterocycles. The zero-order chi connectivity index (χ0) is 17.9. The average Bonchev–Trinajstić information content (AvgIpc) is 3.23. The Morgan fingerprint density at radius 1 is 1.12 bits per heavy atom. The molecule has 1 amide bonds. The van der Waals surface area contributed by atoms with Crippen LogP contribution in [-0.4, -0.2) is 51.9 Å². The van der Waals surface area contributed by atoms with Gasteiger partial charge in [-0.3, -0.25) is 14.8 Å². The number of carbonyl (C=O) groups is 1. The van der Waals surface area contributed by atoms with Crippen molar-refractivity contribution in [3.63, 3.8) is 0 Å². The molecule has 6 nitrogen and oxygen atoms in total. The van der Waals surface area contributed by atoms with Gasteiger partial charge in [-0.1, -0.05) is 0 Å². The molecule has 0 atom stereocenters. The number of nitrogens with zero attached hydrogens (tertiary/aromatic N) is 5. The fourth-order valence-electron chi connectivity index (χ4n) is 3.12. The standard InChI is InChI=1S/C19H19N5OS/c1-14-16(2-3-17(22-14)15-4-11-26-13-15)19(25)24-9-7-23(8-10-24)18-12-20-5-6-21-18/h2-6,11-13H,7-10H2,1H3. The van der Waals surface area contributed by atoms with Crippen LogP contribution in [-0.2, 0) is 0 Å². The molecule has 4 heterocycles. The number of aryl methyl sites for hydroxylation is 1. The molecule has 0 aromatic carbocycles. The molecule has 0 unspecified atom stereocenters. The van der Waals surface area contributed by atoms with Crippen LogP contribution in [0.15, 0.2) is 47.5 Å². The van der Waals surface area contributed by atoms with Crippen LogP contribution in [0.2, 0.25) is 0 Å². The molecule has 1 aliphatic rings. The first-order valence-electron chi connectivity index (χ1n) is 8.53. The normalized spacial score (nSPS) is 14.5. The molecular weight excluding hydrogens is 346 g/mol. The molecular formula is C19H19N5OS. The minimum absolute atomic E-state index is 0.0469. The molecule has 4 rings (SSSR count). The van der Waals surface area contributed by atoms with Gasteiger partial charge in [0, 0.05) is 49.5 Å². The summed E-state index contributed by atoms with van der Waals surface area (Å²) in [5.41, 5.74) is 3.45. The van der Waals surface area contributed by atoms with Gasteiger partial charge >= 0.3 is 0 Å². The molecule has 0 aliphatic carbocycles. The Kier molecular flexibility index (Phi) is 4.62. The average molecular weight is 365 g/mol. The van der Waals surface area contributed by atoms with Crippen molar-refractivity contribution in [2.24, 2.45) is 0 Å². The van der Waals surface area contributed by atoms with E-state index in [-0.39, 0.29) is 5.91 Å². The molecule has 0 bridgehead atoms. The fraction of sp³-hybridized carbons (Fsp3) is 0.263. The van der Waals surface area contributed by atoms with Crippen molar-refractivity contribution in [3.8, 4) is 11.3 Å². The largest absolute Gasteiger partial charge is 0.352 e. The van der Waals surface area contributed by atoms with E-state index >= 15 is 0 Å². The Morgan fingerprint density at radius 2 is 1.96 bits per heavy atom. The SMILES string of the molecule is Cc1nc(-c2ccsc2)ccc1C(=O)N1CCN(c2cnccn2)CC1. The lowest BCUT2D eigenvalue weighted by atomic mass is 10.1. The number of hydrogen-bond donors (Lipinski definition) is 0. The highest BCUT2D eigenvalue weighted by Gasteiger charge is 2.24. The third-order valence-corrected chi connectivity index (χ3v) is 5.26. The smallest absolute Gasteiger partial charge is 0.255 e. The van der Waals surface area contributed by atoms with Gasteiger partial charge in [-0.15, -0.1) is 0 Å². The molecule has 1 aliphatic heterocycles. The summed E-state index contributed by atoms with van der Waals surface area (Å²) in [6.45, 7) is 4.75. The maximum Gasteiger partial charge on any atom is 0.255 e. The van der Waals surface area contributed by atoms with Crippen LogP contribution in [0.25, 0.3) is 11.3 Å². The van der Waals surface area contributed by atoms with Crippen LogP contribution in [0, 0.1) is 6.92 Å². The Labute approximate surface area is 156 Å². The van der Waals surface area contributed by atoms with Gasteiger partial charge in [-0.05, 0) is 30.5 Å². The first-order valence-corrected chi connectivity index (χ1v) is 9.47. The van der Waals surface area contributed by atoms with E-state index in [4.69, 9.17) is 0 Å². The monoisotopic (exact) mass is 365 g/mol. The Balaban J connectivity index is 1.45. The zero-order valence-corrected chi connectivity index (χ0v) is 15.3. The van der Waals surface area contributed by atoms with Gasteiger partial charge in [-0.25, -0.2) is 4.98 Å². The van der Waals surface area contributed by atoms with E-state index in [0.29, 0.717) is 18.7 Å². The number of aromatic nitrogens is 3. The van der Waals surface area contributed by atoms with E-state index in [1.807, 2.05) is 35.4 Å². The lowest BCUT2D eigenvalue weighted by molar-refractivity contribution is 0.0745. The first kappa shape index (κ1) is 16.7. The van der Waals surface area contributed by atoms with Crippen molar-refractivity contribution in [1.29, 1.82) is 0 Å². The summed E-state index contributed by atoms with van der Waals surface area (Å²) >= 11 is 1.64. The van der Waals surface area contributed by atoms with Gasteiger partial charge in [0.2, 0.25) is 0 Å². The maximum absolute atomic E-state index is 12.9. The summed E-state index contributed by atoms with van der Waals surface area (Å²) in [7, 11) is 0. The predicted molar refractivity (Wildman–Crippen MR) is 102 cm³/mol. The zero-order valence-electron chi connectivity index (χ0n) is 14.5. The van der Waals surface area contributed by atoms with Gasteiger partial charge in [0.25, 0.3) is 5.91 Å². The number of carbonyl (C=O) groups excluding carboxylic acids is 1. The minimum atomic E-state index is 0.0469. The Hall–Kier alpha value is -2.80. The molecule has 0 saturated carbocycles. The van der Waals surface area contributed by atoms with Crippen molar-refractivity contribution in [3.05, 3.63) is 58.8 Å². The van der Waals surface area contributed by atoms with E-state index in [9.17, 15) is 4.79 Å². The summed E-state index contributed by atoms with van der Waals surface area (Å²) in [5, 5.41) is 4.09. The number of pyridine rings is 1. The number of amides is 1. The molecule has 1 saturated heterocycles. The van der Waals surface area contributed by atoms with Crippen molar-refractivity contribution in [2.45, 2.75) is 6.92 Å². The topological polar surface area (TPSA) is 62.2 Å². The number of piperazine rings is 1. The van der Waals surface area contributed by atoms with Crippen LogP contribution in [0.1, 0.15) is 16.1 Å². The van der Waals surface area contributed by atoms with Crippen molar-refractivity contribution in [2.75, 3.05) is 31.1 Å². The van der Waals surface area contributed by atoms with Gasteiger partial charge in [-0.2, -0.15) is 11.3 Å².